The fourth-order valence-electron chi connectivity index (χ4n) is 3.67. The average molecular weight is 273 g/mol. The van der Waals surface area contributed by atoms with Gasteiger partial charge in [0.1, 0.15) is 0 Å². The summed E-state index contributed by atoms with van der Waals surface area (Å²) in [4.78, 5) is 0. The van der Waals surface area contributed by atoms with Crippen molar-refractivity contribution in [2.75, 3.05) is 19.0 Å². The number of hydrogen-bond acceptors (Lipinski definition) is 2. The van der Waals surface area contributed by atoms with Crippen molar-refractivity contribution in [3.8, 4) is 0 Å². The Morgan fingerprint density at radius 3 is 2.75 bits per heavy atom. The van der Waals surface area contributed by atoms with Gasteiger partial charge in [-0.15, -0.1) is 0 Å². The predicted octanol–water partition coefficient (Wildman–Crippen LogP) is 4.26. The van der Waals surface area contributed by atoms with Crippen molar-refractivity contribution in [1.29, 1.82) is 0 Å². The molecular formula is C18H27NO. The van der Waals surface area contributed by atoms with Crippen LogP contribution >= 0.6 is 0 Å². The Labute approximate surface area is 122 Å². The minimum absolute atomic E-state index is 0.679. The molecule has 0 heterocycles. The third-order valence-corrected chi connectivity index (χ3v) is 4.96. The van der Waals surface area contributed by atoms with E-state index in [0.717, 1.165) is 24.9 Å². The van der Waals surface area contributed by atoms with E-state index in [-0.39, 0.29) is 0 Å². The quantitative estimate of drug-likeness (QED) is 0.836. The maximum atomic E-state index is 5.22. The molecule has 0 saturated heterocycles. The maximum absolute atomic E-state index is 5.22. The van der Waals surface area contributed by atoms with Gasteiger partial charge in [0.05, 0.1) is 6.61 Å². The molecule has 2 unspecified atom stereocenters. The zero-order valence-electron chi connectivity index (χ0n) is 12.6. The van der Waals surface area contributed by atoms with Crippen molar-refractivity contribution in [1.82, 2.24) is 0 Å². The van der Waals surface area contributed by atoms with Crippen molar-refractivity contribution in [3.05, 3.63) is 29.8 Å². The van der Waals surface area contributed by atoms with Crippen molar-refractivity contribution in [3.63, 3.8) is 0 Å². The first-order valence-corrected chi connectivity index (χ1v) is 8.20. The predicted molar refractivity (Wildman–Crippen MR) is 84.1 cm³/mol. The van der Waals surface area contributed by atoms with E-state index in [0.29, 0.717) is 6.04 Å². The highest BCUT2D eigenvalue weighted by molar-refractivity contribution is 5.52. The number of hydrogen-bond donors (Lipinski definition) is 1. The molecule has 3 rings (SSSR count). The second-order valence-corrected chi connectivity index (χ2v) is 6.51. The van der Waals surface area contributed by atoms with Crippen molar-refractivity contribution >= 4 is 5.69 Å². The van der Waals surface area contributed by atoms with Crippen molar-refractivity contribution in [2.24, 2.45) is 11.8 Å². The van der Waals surface area contributed by atoms with Gasteiger partial charge in [0, 0.05) is 18.8 Å². The summed E-state index contributed by atoms with van der Waals surface area (Å²) in [7, 11) is 1.78. The maximum Gasteiger partial charge on any atom is 0.0503 e. The number of benzene rings is 1. The van der Waals surface area contributed by atoms with Crippen LogP contribution in [0, 0.1) is 11.8 Å². The van der Waals surface area contributed by atoms with E-state index >= 15 is 0 Å². The fraction of sp³-hybridized carbons (Fsp3) is 0.667. The molecule has 0 radical (unpaired) electrons. The molecule has 1 aromatic carbocycles. The van der Waals surface area contributed by atoms with Crippen LogP contribution in [0.3, 0.4) is 0 Å². The second-order valence-electron chi connectivity index (χ2n) is 6.51. The van der Waals surface area contributed by atoms with E-state index in [2.05, 4.69) is 29.6 Å². The van der Waals surface area contributed by atoms with Crippen LogP contribution in [-0.2, 0) is 11.2 Å². The molecule has 2 heteroatoms. The first-order chi connectivity index (χ1) is 9.86. The molecule has 0 amide bonds. The van der Waals surface area contributed by atoms with E-state index in [4.69, 9.17) is 4.74 Å². The largest absolute Gasteiger partial charge is 0.384 e. The molecule has 2 fully saturated rings. The Kier molecular flexibility index (Phi) is 4.62. The lowest BCUT2D eigenvalue weighted by molar-refractivity contribution is 0.202. The lowest BCUT2D eigenvalue weighted by Gasteiger charge is -2.31. The number of rotatable bonds is 6. The van der Waals surface area contributed by atoms with Gasteiger partial charge in [-0.1, -0.05) is 31.0 Å². The summed E-state index contributed by atoms with van der Waals surface area (Å²) in [5, 5.41) is 3.82. The highest BCUT2D eigenvalue weighted by atomic mass is 16.5. The SMILES string of the molecule is COCCc1ccccc1NC1CCCC(C2CC2)C1. The van der Waals surface area contributed by atoms with Crippen LogP contribution in [-0.4, -0.2) is 19.8 Å². The van der Waals surface area contributed by atoms with Crippen LogP contribution in [0.2, 0.25) is 0 Å². The van der Waals surface area contributed by atoms with Crippen molar-refractivity contribution < 1.29 is 4.74 Å². The van der Waals surface area contributed by atoms with Gasteiger partial charge in [0.2, 0.25) is 0 Å². The second kappa shape index (κ2) is 6.62. The van der Waals surface area contributed by atoms with E-state index < -0.39 is 0 Å². The first kappa shape index (κ1) is 13.9. The third kappa shape index (κ3) is 3.54. The number of anilines is 1. The summed E-state index contributed by atoms with van der Waals surface area (Å²) in [6.07, 6.45) is 9.56. The Bertz CT molecular complexity index is 427. The Morgan fingerprint density at radius 2 is 1.95 bits per heavy atom. The minimum atomic E-state index is 0.679. The number of methoxy groups -OCH3 is 1. The molecule has 1 aromatic rings. The zero-order chi connectivity index (χ0) is 13.8. The van der Waals surface area contributed by atoms with Crippen LogP contribution in [0.25, 0.3) is 0 Å². The highest BCUT2D eigenvalue weighted by Gasteiger charge is 2.34. The summed E-state index contributed by atoms with van der Waals surface area (Å²) >= 11 is 0. The number of nitrogens with one attached hydrogen (secondary N) is 1. The van der Waals surface area contributed by atoms with Gasteiger partial charge in [0.15, 0.2) is 0 Å². The normalized spacial score (nSPS) is 26.4. The summed E-state index contributed by atoms with van der Waals surface area (Å²) in [6, 6.07) is 9.40. The van der Waals surface area contributed by atoms with Crippen LogP contribution in [0.4, 0.5) is 5.69 Å². The Balaban J connectivity index is 1.61. The van der Waals surface area contributed by atoms with Gasteiger partial charge in [0.25, 0.3) is 0 Å². The van der Waals surface area contributed by atoms with Gasteiger partial charge < -0.3 is 10.1 Å². The third-order valence-electron chi connectivity index (χ3n) is 4.96. The van der Waals surface area contributed by atoms with Crippen LogP contribution < -0.4 is 5.32 Å². The molecule has 0 aliphatic heterocycles. The molecule has 2 saturated carbocycles. The van der Waals surface area contributed by atoms with Crippen LogP contribution in [0.1, 0.15) is 44.1 Å². The first-order valence-electron chi connectivity index (χ1n) is 8.20. The van der Waals surface area contributed by atoms with Gasteiger partial charge in [-0.2, -0.15) is 0 Å². The highest BCUT2D eigenvalue weighted by Crippen LogP contribution is 2.44. The molecule has 2 aliphatic carbocycles. The van der Waals surface area contributed by atoms with Gasteiger partial charge in [-0.3, -0.25) is 0 Å². The van der Waals surface area contributed by atoms with Crippen LogP contribution in [0.15, 0.2) is 24.3 Å². The van der Waals surface area contributed by atoms with E-state index in [1.54, 1.807) is 7.11 Å². The summed E-state index contributed by atoms with van der Waals surface area (Å²) < 4.78 is 5.22. The topological polar surface area (TPSA) is 21.3 Å². The lowest BCUT2D eigenvalue weighted by Crippen LogP contribution is -2.28. The van der Waals surface area contributed by atoms with Crippen molar-refractivity contribution in [2.45, 2.75) is 51.0 Å². The zero-order valence-corrected chi connectivity index (χ0v) is 12.6. The van der Waals surface area contributed by atoms with Crippen LogP contribution in [0.5, 0.6) is 0 Å². The van der Waals surface area contributed by atoms with E-state index in [9.17, 15) is 0 Å². The molecule has 0 bridgehead atoms. The van der Waals surface area contributed by atoms with E-state index in [1.807, 2.05) is 0 Å². The molecule has 110 valence electrons. The summed E-state index contributed by atoms with van der Waals surface area (Å²) in [5.41, 5.74) is 2.72. The van der Waals surface area contributed by atoms with Gasteiger partial charge in [-0.05, 0) is 55.6 Å². The smallest absolute Gasteiger partial charge is 0.0503 e. The summed E-state index contributed by atoms with van der Waals surface area (Å²) in [5.74, 6) is 2.05. The molecular weight excluding hydrogens is 246 g/mol. The molecule has 2 aliphatic rings. The summed E-state index contributed by atoms with van der Waals surface area (Å²) in [6.45, 7) is 0.800. The Hall–Kier alpha value is -1.02. The minimum Gasteiger partial charge on any atom is -0.384 e. The lowest BCUT2D eigenvalue weighted by atomic mass is 9.82. The number of ether oxygens (including phenoxy) is 1. The molecule has 0 aromatic heterocycles. The fourth-order valence-corrected chi connectivity index (χ4v) is 3.67. The van der Waals surface area contributed by atoms with Gasteiger partial charge >= 0.3 is 0 Å². The molecule has 2 nitrogen and oxygen atoms in total. The van der Waals surface area contributed by atoms with E-state index in [1.165, 1.54) is 49.8 Å². The Morgan fingerprint density at radius 1 is 1.10 bits per heavy atom. The monoisotopic (exact) mass is 273 g/mol. The molecule has 0 spiro atoms. The van der Waals surface area contributed by atoms with Gasteiger partial charge in [-0.25, -0.2) is 0 Å². The average Bonchev–Trinajstić information content (AvgIpc) is 3.31. The standard InChI is InChI=1S/C18H27NO/c1-20-12-11-15-5-2-3-8-18(15)19-17-7-4-6-16(13-17)14-9-10-14/h2-3,5,8,14,16-17,19H,4,6-7,9-13H2,1H3. The molecule has 2 atom stereocenters. The molecule has 1 N–H and O–H groups in total. The number of para-hydroxylation sites is 1. The molecule has 20 heavy (non-hydrogen) atoms.